The third-order valence-electron chi connectivity index (χ3n) is 5.70. The van der Waals surface area contributed by atoms with E-state index >= 15 is 0 Å². The Morgan fingerprint density at radius 2 is 2.07 bits per heavy atom. The van der Waals surface area contributed by atoms with Gasteiger partial charge in [0.2, 0.25) is 0 Å². The van der Waals surface area contributed by atoms with Gasteiger partial charge in [0.25, 0.3) is 0 Å². The molecule has 0 aromatic heterocycles. The van der Waals surface area contributed by atoms with Gasteiger partial charge >= 0.3 is 0 Å². The molecule has 0 fully saturated rings. The first-order valence-corrected chi connectivity index (χ1v) is 10.5. The Bertz CT molecular complexity index is 914. The first-order chi connectivity index (χ1) is 14.0. The number of guanidine groups is 1. The van der Waals surface area contributed by atoms with Gasteiger partial charge in [-0.05, 0) is 50.3 Å². The van der Waals surface area contributed by atoms with E-state index in [1.54, 1.807) is 0 Å². The lowest BCUT2D eigenvalue weighted by molar-refractivity contribution is 0.0496. The molecule has 0 radical (unpaired) electrons. The fourth-order valence-corrected chi connectivity index (χ4v) is 4.56. The minimum atomic E-state index is -0.414. The second-order valence-corrected chi connectivity index (χ2v) is 8.61. The Kier molecular flexibility index (Phi) is 5.70. The molecule has 1 atom stereocenters. The van der Waals surface area contributed by atoms with Crippen LogP contribution in [0.25, 0.3) is 0 Å². The summed E-state index contributed by atoms with van der Waals surface area (Å²) in [6, 6.07) is 14.6. The number of hydrogen-bond acceptors (Lipinski definition) is 3. The third kappa shape index (κ3) is 4.07. The Labute approximate surface area is 178 Å². The number of nitrogens with zero attached hydrogens (tertiary/aromatic N) is 3. The number of rotatable bonds is 4. The zero-order valence-corrected chi connectivity index (χ0v) is 18.2. The second kappa shape index (κ2) is 8.25. The molecule has 2 aromatic rings. The van der Waals surface area contributed by atoms with E-state index in [1.165, 1.54) is 16.7 Å². The lowest BCUT2D eigenvalue weighted by Crippen LogP contribution is -2.53. The molecule has 2 heterocycles. The number of ether oxygens (including phenoxy) is 1. The van der Waals surface area contributed by atoms with E-state index in [-0.39, 0.29) is 0 Å². The highest BCUT2D eigenvalue weighted by atomic mass is 35.5. The standard InChI is InChI=1S/C23H29ClN4O/c1-25-22(26-11-6-12-27(2)3)28-15-18-7-4-5-8-20(18)23(16-28)14-17-9-10-19(24)13-21(17)29-23/h4-5,7-10,13H,6,11-12,14-16H2,1-3H3,(H,25,26). The molecule has 0 amide bonds. The fourth-order valence-electron chi connectivity index (χ4n) is 4.40. The maximum atomic E-state index is 6.61. The molecule has 0 bridgehead atoms. The third-order valence-corrected chi connectivity index (χ3v) is 5.94. The van der Waals surface area contributed by atoms with Gasteiger partial charge in [0.05, 0.1) is 6.54 Å². The summed E-state index contributed by atoms with van der Waals surface area (Å²) in [7, 11) is 6.05. The summed E-state index contributed by atoms with van der Waals surface area (Å²) in [4.78, 5) is 9.07. The predicted octanol–water partition coefficient (Wildman–Crippen LogP) is 3.51. The van der Waals surface area contributed by atoms with Crippen molar-refractivity contribution in [1.82, 2.24) is 15.1 Å². The lowest BCUT2D eigenvalue weighted by Gasteiger charge is -2.42. The topological polar surface area (TPSA) is 40.1 Å². The van der Waals surface area contributed by atoms with Gasteiger partial charge in [-0.15, -0.1) is 0 Å². The van der Waals surface area contributed by atoms with Gasteiger partial charge in [-0.25, -0.2) is 0 Å². The van der Waals surface area contributed by atoms with Crippen LogP contribution in [0.5, 0.6) is 5.75 Å². The molecular formula is C23H29ClN4O. The summed E-state index contributed by atoms with van der Waals surface area (Å²) in [6.45, 7) is 3.53. The van der Waals surface area contributed by atoms with E-state index < -0.39 is 5.60 Å². The average Bonchev–Trinajstić information content (AvgIpc) is 3.05. The van der Waals surface area contributed by atoms with E-state index in [9.17, 15) is 0 Å². The second-order valence-electron chi connectivity index (χ2n) is 8.17. The minimum Gasteiger partial charge on any atom is -0.480 e. The normalized spacial score (nSPS) is 20.6. The molecule has 29 heavy (non-hydrogen) atoms. The lowest BCUT2D eigenvalue weighted by atomic mass is 9.82. The minimum absolute atomic E-state index is 0.414. The van der Waals surface area contributed by atoms with Crippen LogP contribution >= 0.6 is 11.6 Å². The van der Waals surface area contributed by atoms with Gasteiger partial charge in [-0.2, -0.15) is 0 Å². The van der Waals surface area contributed by atoms with Gasteiger partial charge < -0.3 is 19.9 Å². The van der Waals surface area contributed by atoms with Gasteiger partial charge in [-0.1, -0.05) is 41.9 Å². The molecule has 4 rings (SSSR count). The number of nitrogens with one attached hydrogen (secondary N) is 1. The zero-order valence-electron chi connectivity index (χ0n) is 17.4. The Morgan fingerprint density at radius 1 is 1.24 bits per heavy atom. The molecule has 1 N–H and O–H groups in total. The van der Waals surface area contributed by atoms with E-state index in [4.69, 9.17) is 16.3 Å². The van der Waals surface area contributed by atoms with Crippen molar-refractivity contribution in [2.45, 2.75) is 25.0 Å². The molecule has 2 aliphatic heterocycles. The molecule has 0 aliphatic carbocycles. The molecule has 154 valence electrons. The highest BCUT2D eigenvalue weighted by molar-refractivity contribution is 6.30. The fraction of sp³-hybridized carbons (Fsp3) is 0.435. The van der Waals surface area contributed by atoms with Gasteiger partial charge in [-0.3, -0.25) is 4.99 Å². The molecule has 2 aromatic carbocycles. The summed E-state index contributed by atoms with van der Waals surface area (Å²) in [5.41, 5.74) is 3.35. The van der Waals surface area contributed by atoms with E-state index in [1.807, 2.05) is 19.2 Å². The van der Waals surface area contributed by atoms with Crippen LogP contribution in [0.1, 0.15) is 23.1 Å². The van der Waals surface area contributed by atoms with Crippen LogP contribution in [0.3, 0.4) is 0 Å². The Hall–Kier alpha value is -2.24. The molecule has 1 spiro atoms. The van der Waals surface area contributed by atoms with Crippen molar-refractivity contribution in [2.75, 3.05) is 40.8 Å². The van der Waals surface area contributed by atoms with Crippen LogP contribution in [0.4, 0.5) is 0 Å². The molecule has 2 aliphatic rings. The first kappa shape index (κ1) is 20.0. The van der Waals surface area contributed by atoms with Crippen LogP contribution in [0.15, 0.2) is 47.5 Å². The molecule has 0 saturated carbocycles. The van der Waals surface area contributed by atoms with E-state index in [0.717, 1.165) is 50.7 Å². The number of benzene rings is 2. The largest absolute Gasteiger partial charge is 0.480 e. The summed E-state index contributed by atoms with van der Waals surface area (Å²) >= 11 is 6.22. The van der Waals surface area contributed by atoms with Crippen molar-refractivity contribution in [3.05, 3.63) is 64.2 Å². The number of halogens is 1. The Morgan fingerprint density at radius 3 is 2.86 bits per heavy atom. The highest BCUT2D eigenvalue weighted by Crippen LogP contribution is 2.46. The maximum absolute atomic E-state index is 6.61. The summed E-state index contributed by atoms with van der Waals surface area (Å²) in [5, 5.41) is 4.24. The van der Waals surface area contributed by atoms with E-state index in [2.05, 4.69) is 64.5 Å². The molecule has 1 unspecified atom stereocenters. The highest BCUT2D eigenvalue weighted by Gasteiger charge is 2.47. The quantitative estimate of drug-likeness (QED) is 0.474. The molecule has 5 nitrogen and oxygen atoms in total. The molecule has 6 heteroatoms. The van der Waals surface area contributed by atoms with Gasteiger partial charge in [0.15, 0.2) is 11.6 Å². The van der Waals surface area contributed by atoms with Crippen LogP contribution in [-0.4, -0.2) is 56.5 Å². The summed E-state index contributed by atoms with van der Waals surface area (Å²) < 4.78 is 6.61. The van der Waals surface area contributed by atoms with Crippen LogP contribution in [0, 0.1) is 0 Å². The van der Waals surface area contributed by atoms with Crippen LogP contribution in [-0.2, 0) is 18.6 Å². The smallest absolute Gasteiger partial charge is 0.194 e. The van der Waals surface area contributed by atoms with Crippen molar-refractivity contribution >= 4 is 17.6 Å². The average molecular weight is 413 g/mol. The van der Waals surface area contributed by atoms with E-state index in [0.29, 0.717) is 5.02 Å². The maximum Gasteiger partial charge on any atom is 0.194 e. The van der Waals surface area contributed by atoms with Gasteiger partial charge in [0.1, 0.15) is 5.75 Å². The summed E-state index contributed by atoms with van der Waals surface area (Å²) in [6.07, 6.45) is 1.91. The van der Waals surface area contributed by atoms with Crippen molar-refractivity contribution in [3.63, 3.8) is 0 Å². The van der Waals surface area contributed by atoms with Gasteiger partial charge in [0, 0.05) is 37.1 Å². The SMILES string of the molecule is CN=C(NCCCN(C)C)N1Cc2ccccc2C2(Cc3ccc(Cl)cc3O2)C1. The molecule has 0 saturated heterocycles. The number of fused-ring (bicyclic) bond motifs is 3. The zero-order chi connectivity index (χ0) is 20.4. The van der Waals surface area contributed by atoms with Crippen LogP contribution in [0.2, 0.25) is 5.02 Å². The van der Waals surface area contributed by atoms with Crippen molar-refractivity contribution in [3.8, 4) is 5.75 Å². The monoisotopic (exact) mass is 412 g/mol. The van der Waals surface area contributed by atoms with Crippen molar-refractivity contribution < 1.29 is 4.74 Å². The van der Waals surface area contributed by atoms with Crippen molar-refractivity contribution in [1.29, 1.82) is 0 Å². The number of aliphatic imine (C=N–C) groups is 1. The Balaban J connectivity index is 1.59. The number of hydrogen-bond donors (Lipinski definition) is 1. The van der Waals surface area contributed by atoms with Crippen molar-refractivity contribution in [2.24, 2.45) is 4.99 Å². The summed E-state index contributed by atoms with van der Waals surface area (Å²) in [5.74, 6) is 1.82. The molecular weight excluding hydrogens is 384 g/mol. The van der Waals surface area contributed by atoms with Crippen LogP contribution < -0.4 is 10.1 Å². The first-order valence-electron chi connectivity index (χ1n) is 10.2. The predicted molar refractivity (Wildman–Crippen MR) is 119 cm³/mol.